The molecule has 1 nitrogen and oxygen atoms in total. The first-order chi connectivity index (χ1) is 7.25. The Bertz CT molecular complexity index is 334. The fourth-order valence-electron chi connectivity index (χ4n) is 1.99. The second-order valence-electron chi connectivity index (χ2n) is 4.05. The van der Waals surface area contributed by atoms with Crippen LogP contribution >= 0.6 is 15.9 Å². The van der Waals surface area contributed by atoms with E-state index in [1.54, 1.807) is 0 Å². The van der Waals surface area contributed by atoms with Crippen LogP contribution in [0.15, 0.2) is 22.7 Å². The number of benzene rings is 1. The number of nitrogens with zero attached hydrogens (tertiary/aromatic N) is 1. The van der Waals surface area contributed by atoms with Crippen LogP contribution in [-0.4, -0.2) is 24.5 Å². The van der Waals surface area contributed by atoms with Crippen molar-refractivity contribution in [3.8, 4) is 0 Å². The van der Waals surface area contributed by atoms with Crippen molar-refractivity contribution in [2.24, 2.45) is 0 Å². The lowest BCUT2D eigenvalue weighted by molar-refractivity contribution is 0.343. The van der Waals surface area contributed by atoms with Gasteiger partial charge in [0.2, 0.25) is 0 Å². The van der Waals surface area contributed by atoms with Gasteiger partial charge < -0.3 is 4.90 Å². The Morgan fingerprint density at radius 3 is 2.67 bits per heavy atom. The lowest BCUT2D eigenvalue weighted by Gasteiger charge is -2.14. The molecule has 2 rings (SSSR count). The van der Waals surface area contributed by atoms with E-state index in [1.807, 2.05) is 12.1 Å². The maximum atomic E-state index is 13.0. The van der Waals surface area contributed by atoms with E-state index in [2.05, 4.69) is 20.8 Å². The molecule has 82 valence electrons. The Labute approximate surface area is 98.4 Å². The predicted molar refractivity (Wildman–Crippen MR) is 63.5 cm³/mol. The maximum absolute atomic E-state index is 13.0. The molecule has 0 aromatic heterocycles. The summed E-state index contributed by atoms with van der Waals surface area (Å²) in [4.78, 5) is 2.47. The molecule has 0 spiro atoms. The highest BCUT2D eigenvalue weighted by molar-refractivity contribution is 9.10. The molecular weight excluding hydrogens is 257 g/mol. The SMILES string of the molecule is Fc1ccc(CCN2CCCC2)cc1Br. The van der Waals surface area contributed by atoms with Crippen LogP contribution in [0.1, 0.15) is 18.4 Å². The third kappa shape index (κ3) is 3.02. The van der Waals surface area contributed by atoms with Crippen LogP contribution in [0.2, 0.25) is 0 Å². The van der Waals surface area contributed by atoms with E-state index >= 15 is 0 Å². The zero-order chi connectivity index (χ0) is 10.7. The molecule has 1 aromatic carbocycles. The molecule has 1 aliphatic rings. The van der Waals surface area contributed by atoms with Gasteiger partial charge in [-0.05, 0) is 66.0 Å². The lowest BCUT2D eigenvalue weighted by atomic mass is 10.1. The highest BCUT2D eigenvalue weighted by atomic mass is 79.9. The van der Waals surface area contributed by atoms with E-state index in [0.29, 0.717) is 4.47 Å². The van der Waals surface area contributed by atoms with Crippen LogP contribution in [-0.2, 0) is 6.42 Å². The largest absolute Gasteiger partial charge is 0.303 e. The van der Waals surface area contributed by atoms with Gasteiger partial charge in [-0.15, -0.1) is 0 Å². The first-order valence-electron chi connectivity index (χ1n) is 5.42. The van der Waals surface area contributed by atoms with Gasteiger partial charge in [0.1, 0.15) is 5.82 Å². The normalized spacial score (nSPS) is 17.2. The first-order valence-corrected chi connectivity index (χ1v) is 6.21. The second kappa shape index (κ2) is 5.08. The minimum absolute atomic E-state index is 0.181. The average molecular weight is 272 g/mol. The fraction of sp³-hybridized carbons (Fsp3) is 0.500. The summed E-state index contributed by atoms with van der Waals surface area (Å²) in [5.74, 6) is -0.181. The number of hydrogen-bond acceptors (Lipinski definition) is 1. The molecule has 3 heteroatoms. The van der Waals surface area contributed by atoms with Crippen LogP contribution in [0.5, 0.6) is 0 Å². The number of likely N-dealkylation sites (tertiary alicyclic amines) is 1. The van der Waals surface area contributed by atoms with Gasteiger partial charge in [-0.25, -0.2) is 4.39 Å². The standard InChI is InChI=1S/C12H15BrFN/c13-11-9-10(3-4-12(11)14)5-8-15-6-1-2-7-15/h3-4,9H,1-2,5-8H2. The van der Waals surface area contributed by atoms with Crippen molar-refractivity contribution >= 4 is 15.9 Å². The molecule has 0 aliphatic carbocycles. The molecule has 0 amide bonds. The van der Waals surface area contributed by atoms with Crippen LogP contribution in [0, 0.1) is 5.82 Å². The summed E-state index contributed by atoms with van der Waals surface area (Å²) < 4.78 is 13.6. The van der Waals surface area contributed by atoms with E-state index in [1.165, 1.54) is 37.6 Å². The number of hydrogen-bond donors (Lipinski definition) is 0. The molecule has 0 N–H and O–H groups in total. The lowest BCUT2D eigenvalue weighted by Crippen LogP contribution is -2.21. The molecule has 1 saturated heterocycles. The zero-order valence-electron chi connectivity index (χ0n) is 8.68. The molecule has 1 aromatic rings. The number of halogens is 2. The van der Waals surface area contributed by atoms with Crippen LogP contribution in [0.25, 0.3) is 0 Å². The van der Waals surface area contributed by atoms with Gasteiger partial charge in [0, 0.05) is 6.54 Å². The topological polar surface area (TPSA) is 3.24 Å². The average Bonchev–Trinajstić information content (AvgIpc) is 2.73. The van der Waals surface area contributed by atoms with E-state index < -0.39 is 0 Å². The van der Waals surface area contributed by atoms with Gasteiger partial charge >= 0.3 is 0 Å². The van der Waals surface area contributed by atoms with Crippen LogP contribution < -0.4 is 0 Å². The van der Waals surface area contributed by atoms with Gasteiger partial charge in [0.05, 0.1) is 4.47 Å². The van der Waals surface area contributed by atoms with E-state index in [0.717, 1.165) is 13.0 Å². The molecular formula is C12H15BrFN. The van der Waals surface area contributed by atoms with E-state index in [-0.39, 0.29) is 5.82 Å². The van der Waals surface area contributed by atoms with Crippen molar-refractivity contribution in [3.05, 3.63) is 34.1 Å². The predicted octanol–water partition coefficient (Wildman–Crippen LogP) is 3.23. The zero-order valence-corrected chi connectivity index (χ0v) is 10.3. The van der Waals surface area contributed by atoms with Gasteiger partial charge in [-0.2, -0.15) is 0 Å². The van der Waals surface area contributed by atoms with Crippen LogP contribution in [0.3, 0.4) is 0 Å². The van der Waals surface area contributed by atoms with E-state index in [9.17, 15) is 4.39 Å². The Balaban J connectivity index is 1.90. The highest BCUT2D eigenvalue weighted by Gasteiger charge is 2.11. The molecule has 0 saturated carbocycles. The highest BCUT2D eigenvalue weighted by Crippen LogP contribution is 2.17. The molecule has 0 bridgehead atoms. The smallest absolute Gasteiger partial charge is 0.137 e. The molecule has 1 aliphatic heterocycles. The molecule has 15 heavy (non-hydrogen) atoms. The molecule has 1 fully saturated rings. The third-order valence-electron chi connectivity index (χ3n) is 2.90. The summed E-state index contributed by atoms with van der Waals surface area (Å²) in [6.07, 6.45) is 3.67. The minimum atomic E-state index is -0.181. The van der Waals surface area contributed by atoms with Gasteiger partial charge in [0.25, 0.3) is 0 Å². The van der Waals surface area contributed by atoms with Gasteiger partial charge in [0.15, 0.2) is 0 Å². The fourth-order valence-corrected chi connectivity index (χ4v) is 2.41. The van der Waals surface area contributed by atoms with Crippen molar-refractivity contribution in [1.82, 2.24) is 4.90 Å². The third-order valence-corrected chi connectivity index (χ3v) is 3.51. The van der Waals surface area contributed by atoms with Crippen molar-refractivity contribution < 1.29 is 4.39 Å². The quantitative estimate of drug-likeness (QED) is 0.816. The van der Waals surface area contributed by atoms with Crippen molar-refractivity contribution in [2.45, 2.75) is 19.3 Å². The van der Waals surface area contributed by atoms with Gasteiger partial charge in [-0.1, -0.05) is 6.07 Å². The number of rotatable bonds is 3. The van der Waals surface area contributed by atoms with Crippen LogP contribution in [0.4, 0.5) is 4.39 Å². The molecule has 0 radical (unpaired) electrons. The Hall–Kier alpha value is -0.410. The monoisotopic (exact) mass is 271 g/mol. The summed E-state index contributed by atoms with van der Waals surface area (Å²) in [6, 6.07) is 5.28. The van der Waals surface area contributed by atoms with Crippen molar-refractivity contribution in [3.63, 3.8) is 0 Å². The summed E-state index contributed by atoms with van der Waals surface area (Å²) >= 11 is 3.21. The van der Waals surface area contributed by atoms with Crippen molar-refractivity contribution in [2.75, 3.05) is 19.6 Å². The molecule has 0 unspecified atom stereocenters. The Morgan fingerprint density at radius 2 is 2.00 bits per heavy atom. The summed E-state index contributed by atoms with van der Waals surface area (Å²) in [5, 5.41) is 0. The Morgan fingerprint density at radius 1 is 1.27 bits per heavy atom. The second-order valence-corrected chi connectivity index (χ2v) is 4.90. The van der Waals surface area contributed by atoms with Gasteiger partial charge in [-0.3, -0.25) is 0 Å². The summed E-state index contributed by atoms with van der Waals surface area (Å²) in [6.45, 7) is 3.54. The summed E-state index contributed by atoms with van der Waals surface area (Å²) in [5.41, 5.74) is 1.20. The Kier molecular flexibility index (Phi) is 3.76. The first kappa shape index (κ1) is 11.1. The maximum Gasteiger partial charge on any atom is 0.137 e. The molecule has 1 heterocycles. The molecule has 0 atom stereocenters. The van der Waals surface area contributed by atoms with E-state index in [4.69, 9.17) is 0 Å². The van der Waals surface area contributed by atoms with Crippen molar-refractivity contribution in [1.29, 1.82) is 0 Å². The summed E-state index contributed by atoms with van der Waals surface area (Å²) in [7, 11) is 0. The minimum Gasteiger partial charge on any atom is -0.303 e.